The molecule has 1 amide bonds. The van der Waals surface area contributed by atoms with E-state index in [1.54, 1.807) is 4.52 Å². The van der Waals surface area contributed by atoms with Crippen molar-refractivity contribution in [2.75, 3.05) is 17.6 Å². The van der Waals surface area contributed by atoms with Gasteiger partial charge in [-0.15, -0.1) is 5.10 Å². The zero-order valence-electron chi connectivity index (χ0n) is 11.2. The molecule has 3 rings (SSSR count). The average Bonchev–Trinajstić information content (AvgIpc) is 2.88. The zero-order valence-corrected chi connectivity index (χ0v) is 11.2. The van der Waals surface area contributed by atoms with Gasteiger partial charge in [-0.25, -0.2) is 4.52 Å². The molecule has 0 saturated heterocycles. The van der Waals surface area contributed by atoms with Gasteiger partial charge < -0.3 is 16.8 Å². The minimum Gasteiger partial charge on any atom is -0.366 e. The summed E-state index contributed by atoms with van der Waals surface area (Å²) in [7, 11) is 0. The molecule has 7 nitrogen and oxygen atoms in total. The summed E-state index contributed by atoms with van der Waals surface area (Å²) in [5, 5.41) is 6.86. The maximum absolute atomic E-state index is 11.2. The van der Waals surface area contributed by atoms with Gasteiger partial charge in [-0.05, 0) is 24.3 Å². The molecule has 3 aromatic rings. The molecule has 0 aliphatic rings. The van der Waals surface area contributed by atoms with Crippen molar-refractivity contribution >= 4 is 23.2 Å². The molecule has 2 aromatic heterocycles. The molecular weight excluding hydrogens is 268 g/mol. The normalized spacial score (nSPS) is 10.7. The second-order valence-corrected chi connectivity index (χ2v) is 4.48. The maximum Gasteiger partial charge on any atom is 0.240 e. The minimum absolute atomic E-state index is 0.0424. The van der Waals surface area contributed by atoms with Crippen LogP contribution in [-0.2, 0) is 4.79 Å². The number of rotatable bonds is 3. The van der Waals surface area contributed by atoms with Gasteiger partial charge in [0.2, 0.25) is 11.9 Å². The van der Waals surface area contributed by atoms with Crippen molar-refractivity contribution in [1.82, 2.24) is 14.6 Å². The largest absolute Gasteiger partial charge is 0.366 e. The van der Waals surface area contributed by atoms with Crippen molar-refractivity contribution in [3.63, 3.8) is 0 Å². The highest BCUT2D eigenvalue weighted by Crippen LogP contribution is 2.22. The maximum atomic E-state index is 11.2. The molecule has 0 atom stereocenters. The molecule has 0 saturated carbocycles. The Morgan fingerprint density at radius 3 is 2.67 bits per heavy atom. The summed E-state index contributed by atoms with van der Waals surface area (Å²) < 4.78 is 1.68. The molecule has 5 N–H and O–H groups in total. The lowest BCUT2D eigenvalue weighted by Gasteiger charge is -2.07. The van der Waals surface area contributed by atoms with Gasteiger partial charge in [0, 0.05) is 11.3 Å². The first kappa shape index (κ1) is 13.1. The Labute approximate surface area is 120 Å². The number of nitrogens with two attached hydrogens (primary N) is 2. The van der Waals surface area contributed by atoms with Gasteiger partial charge in [-0.3, -0.25) is 4.79 Å². The van der Waals surface area contributed by atoms with Crippen molar-refractivity contribution in [3.8, 4) is 11.3 Å². The van der Waals surface area contributed by atoms with Gasteiger partial charge in [-0.1, -0.05) is 18.2 Å². The fourth-order valence-corrected chi connectivity index (χ4v) is 2.08. The molecule has 0 aliphatic heterocycles. The van der Waals surface area contributed by atoms with E-state index in [0.29, 0.717) is 11.3 Å². The lowest BCUT2D eigenvalue weighted by Crippen LogP contribution is -2.21. The molecule has 0 spiro atoms. The minimum atomic E-state index is -0.228. The third-order valence-electron chi connectivity index (χ3n) is 3.03. The monoisotopic (exact) mass is 282 g/mol. The molecule has 7 heteroatoms. The third-order valence-corrected chi connectivity index (χ3v) is 3.03. The van der Waals surface area contributed by atoms with E-state index < -0.39 is 0 Å². The molecule has 21 heavy (non-hydrogen) atoms. The van der Waals surface area contributed by atoms with E-state index in [1.807, 2.05) is 42.5 Å². The number of carbonyl (C=O) groups excluding carboxylic acids is 1. The van der Waals surface area contributed by atoms with Gasteiger partial charge in [0.25, 0.3) is 0 Å². The highest BCUT2D eigenvalue weighted by Gasteiger charge is 2.07. The van der Waals surface area contributed by atoms with Crippen LogP contribution in [0, 0.1) is 0 Å². The lowest BCUT2D eigenvalue weighted by molar-refractivity contribution is -0.114. The fraction of sp³-hybridized carbons (Fsp3) is 0.0714. The Morgan fingerprint density at radius 2 is 1.95 bits per heavy atom. The quantitative estimate of drug-likeness (QED) is 0.660. The smallest absolute Gasteiger partial charge is 0.240 e. The van der Waals surface area contributed by atoms with Crippen molar-refractivity contribution < 1.29 is 4.79 Å². The summed E-state index contributed by atoms with van der Waals surface area (Å²) in [4.78, 5) is 15.4. The molecule has 0 fully saturated rings. The Bertz CT molecular complexity index is 793. The Kier molecular flexibility index (Phi) is 3.25. The Morgan fingerprint density at radius 1 is 1.19 bits per heavy atom. The van der Waals surface area contributed by atoms with Crippen LogP contribution in [0.4, 0.5) is 11.6 Å². The highest BCUT2D eigenvalue weighted by molar-refractivity contribution is 5.92. The van der Waals surface area contributed by atoms with Crippen molar-refractivity contribution in [2.24, 2.45) is 5.73 Å². The summed E-state index contributed by atoms with van der Waals surface area (Å²) in [6.07, 6.45) is 0. The van der Waals surface area contributed by atoms with E-state index in [9.17, 15) is 4.79 Å². The lowest BCUT2D eigenvalue weighted by atomic mass is 10.1. The number of aromatic nitrogens is 3. The number of carbonyl (C=O) groups is 1. The van der Waals surface area contributed by atoms with E-state index in [0.717, 1.165) is 11.3 Å². The standard InChI is InChI=1S/C14H14N6O/c15-8-13(21)17-10-6-4-9(5-7-10)11-2-1-3-12-18-14(16)19-20(11)12/h1-7H,8,15H2,(H2,16,19)(H,17,21). The Balaban J connectivity index is 1.97. The number of nitrogens with zero attached hydrogens (tertiary/aromatic N) is 3. The van der Waals surface area contributed by atoms with Gasteiger partial charge in [-0.2, -0.15) is 4.98 Å². The molecular formula is C14H14N6O. The predicted molar refractivity (Wildman–Crippen MR) is 80.5 cm³/mol. The van der Waals surface area contributed by atoms with Crippen LogP contribution >= 0.6 is 0 Å². The summed E-state index contributed by atoms with van der Waals surface area (Å²) >= 11 is 0. The van der Waals surface area contributed by atoms with E-state index in [4.69, 9.17) is 11.5 Å². The van der Waals surface area contributed by atoms with Crippen LogP contribution in [0.3, 0.4) is 0 Å². The summed E-state index contributed by atoms with van der Waals surface area (Å²) in [6, 6.07) is 13.0. The van der Waals surface area contributed by atoms with Gasteiger partial charge in [0.05, 0.1) is 12.2 Å². The average molecular weight is 282 g/mol. The van der Waals surface area contributed by atoms with Gasteiger partial charge >= 0.3 is 0 Å². The van der Waals surface area contributed by atoms with Crippen LogP contribution in [0.15, 0.2) is 42.5 Å². The number of fused-ring (bicyclic) bond motifs is 1. The summed E-state index contributed by atoms with van der Waals surface area (Å²) in [6.45, 7) is -0.0424. The zero-order chi connectivity index (χ0) is 14.8. The third kappa shape index (κ3) is 2.54. The summed E-state index contributed by atoms with van der Waals surface area (Å²) in [5.74, 6) is 0.00295. The number of nitrogens with one attached hydrogen (secondary N) is 1. The van der Waals surface area contributed by atoms with E-state index >= 15 is 0 Å². The number of hydrogen-bond donors (Lipinski definition) is 3. The fourth-order valence-electron chi connectivity index (χ4n) is 2.08. The first-order valence-electron chi connectivity index (χ1n) is 6.39. The molecule has 0 bridgehead atoms. The van der Waals surface area contributed by atoms with Crippen molar-refractivity contribution in [1.29, 1.82) is 0 Å². The molecule has 0 radical (unpaired) electrons. The van der Waals surface area contributed by atoms with Crippen LogP contribution in [-0.4, -0.2) is 27.0 Å². The van der Waals surface area contributed by atoms with Crippen molar-refractivity contribution in [3.05, 3.63) is 42.5 Å². The number of pyridine rings is 1. The molecule has 2 heterocycles. The first-order chi connectivity index (χ1) is 10.2. The number of anilines is 2. The molecule has 0 unspecified atom stereocenters. The van der Waals surface area contributed by atoms with Gasteiger partial charge in [0.15, 0.2) is 5.65 Å². The van der Waals surface area contributed by atoms with E-state index in [-0.39, 0.29) is 18.4 Å². The molecule has 1 aromatic carbocycles. The van der Waals surface area contributed by atoms with Gasteiger partial charge in [0.1, 0.15) is 0 Å². The summed E-state index contributed by atoms with van der Waals surface area (Å²) in [5.41, 5.74) is 14.1. The van der Waals surface area contributed by atoms with Crippen LogP contribution in [0.1, 0.15) is 0 Å². The van der Waals surface area contributed by atoms with Crippen LogP contribution < -0.4 is 16.8 Å². The van der Waals surface area contributed by atoms with Crippen LogP contribution in [0.2, 0.25) is 0 Å². The number of nitrogen functional groups attached to an aromatic ring is 1. The van der Waals surface area contributed by atoms with Crippen LogP contribution in [0.5, 0.6) is 0 Å². The molecule has 106 valence electrons. The molecule has 0 aliphatic carbocycles. The Hall–Kier alpha value is -2.93. The second kappa shape index (κ2) is 5.22. The van der Waals surface area contributed by atoms with E-state index in [1.165, 1.54) is 0 Å². The predicted octanol–water partition coefficient (Wildman–Crippen LogP) is 0.876. The van der Waals surface area contributed by atoms with Crippen LogP contribution in [0.25, 0.3) is 16.9 Å². The SMILES string of the molecule is NCC(=O)Nc1ccc(-c2cccc3nc(N)nn23)cc1. The van der Waals surface area contributed by atoms with E-state index in [2.05, 4.69) is 15.4 Å². The first-order valence-corrected chi connectivity index (χ1v) is 6.39. The highest BCUT2D eigenvalue weighted by atomic mass is 16.1. The number of amides is 1. The number of hydrogen-bond acceptors (Lipinski definition) is 5. The number of benzene rings is 1. The topological polar surface area (TPSA) is 111 Å². The second-order valence-electron chi connectivity index (χ2n) is 4.48. The van der Waals surface area contributed by atoms with Crippen molar-refractivity contribution in [2.45, 2.75) is 0 Å².